The minimum absolute atomic E-state index is 0.0402. The van der Waals surface area contributed by atoms with Crippen LogP contribution in [0.5, 0.6) is 0 Å². The number of hydrogen-bond acceptors (Lipinski definition) is 4. The summed E-state index contributed by atoms with van der Waals surface area (Å²) >= 11 is 0. The normalized spacial score (nSPS) is 23.4. The number of aromatic nitrogens is 3. The molecule has 176 valence electrons. The van der Waals surface area contributed by atoms with Gasteiger partial charge in [0.1, 0.15) is 5.82 Å². The van der Waals surface area contributed by atoms with Gasteiger partial charge in [-0.2, -0.15) is 5.10 Å². The second-order valence-corrected chi connectivity index (χ2v) is 9.43. The molecule has 0 radical (unpaired) electrons. The lowest BCUT2D eigenvalue weighted by atomic mass is 9.66. The van der Waals surface area contributed by atoms with Gasteiger partial charge in [-0.05, 0) is 73.6 Å². The van der Waals surface area contributed by atoms with Crippen molar-refractivity contribution in [1.29, 1.82) is 0 Å². The quantitative estimate of drug-likeness (QED) is 0.440. The van der Waals surface area contributed by atoms with Crippen LogP contribution in [-0.4, -0.2) is 51.8 Å². The lowest BCUT2D eigenvalue weighted by Crippen LogP contribution is -2.51. The number of benzene rings is 2. The third-order valence-electron chi connectivity index (χ3n) is 7.64. The summed E-state index contributed by atoms with van der Waals surface area (Å²) in [5.41, 5.74) is 4.01. The number of methoxy groups -OCH3 is 1. The molecule has 0 spiro atoms. The molecule has 8 heteroatoms. The van der Waals surface area contributed by atoms with Crippen molar-refractivity contribution >= 4 is 27.8 Å². The molecular formula is C26H26FN3O4. The van der Waals surface area contributed by atoms with Crippen molar-refractivity contribution in [3.8, 4) is 5.69 Å². The molecule has 0 unspecified atom stereocenters. The molecule has 2 N–H and O–H groups in total. The first-order valence-electron chi connectivity index (χ1n) is 11.6. The zero-order chi connectivity index (χ0) is 23.4. The first-order chi connectivity index (χ1) is 16.5. The number of nitrogens with zero attached hydrogens (tertiary/aromatic N) is 2. The van der Waals surface area contributed by atoms with E-state index in [1.165, 1.54) is 24.9 Å². The van der Waals surface area contributed by atoms with E-state index in [0.29, 0.717) is 26.1 Å². The van der Waals surface area contributed by atoms with Gasteiger partial charge >= 0.3 is 5.97 Å². The van der Waals surface area contributed by atoms with Gasteiger partial charge in [-0.25, -0.2) is 9.18 Å². The molecule has 1 aliphatic carbocycles. The summed E-state index contributed by atoms with van der Waals surface area (Å²) in [5, 5.41) is 19.1. The highest BCUT2D eigenvalue weighted by Gasteiger charge is 2.53. The number of carboxylic acids is 1. The Morgan fingerprint density at radius 2 is 1.94 bits per heavy atom. The van der Waals surface area contributed by atoms with Gasteiger partial charge in [0, 0.05) is 48.4 Å². The molecular weight excluding hydrogens is 437 g/mol. The number of halogens is 1. The Labute approximate surface area is 195 Å². The maximum atomic E-state index is 13.8. The van der Waals surface area contributed by atoms with Crippen LogP contribution >= 0.6 is 0 Å². The van der Waals surface area contributed by atoms with E-state index in [1.54, 1.807) is 18.3 Å². The van der Waals surface area contributed by atoms with Crippen molar-refractivity contribution < 1.29 is 23.8 Å². The SMILES string of the molecule is COC1(C(=O)O)CC(c2c(C3CCOCC3)n(-c3ccc(F)cc3)c3cc4cn[nH]c4cc23)C1. The van der Waals surface area contributed by atoms with Gasteiger partial charge in [-0.1, -0.05) is 0 Å². The van der Waals surface area contributed by atoms with Crippen molar-refractivity contribution in [2.75, 3.05) is 20.3 Å². The van der Waals surface area contributed by atoms with E-state index in [1.807, 2.05) is 0 Å². The number of carboxylic acid groups (broad SMARTS) is 1. The fraction of sp³-hybridized carbons (Fsp3) is 0.385. The number of carbonyl (C=O) groups is 1. The van der Waals surface area contributed by atoms with E-state index in [2.05, 4.69) is 26.9 Å². The van der Waals surface area contributed by atoms with E-state index in [9.17, 15) is 14.3 Å². The molecule has 1 saturated heterocycles. The Hall–Kier alpha value is -3.23. The lowest BCUT2D eigenvalue weighted by molar-refractivity contribution is -0.175. The predicted octanol–water partition coefficient (Wildman–Crippen LogP) is 4.89. The third-order valence-corrected chi connectivity index (χ3v) is 7.64. The van der Waals surface area contributed by atoms with Crippen molar-refractivity contribution in [2.45, 2.75) is 43.1 Å². The number of ether oxygens (including phenoxy) is 2. The molecule has 2 aliphatic rings. The van der Waals surface area contributed by atoms with Gasteiger partial charge in [0.05, 0.1) is 17.2 Å². The maximum absolute atomic E-state index is 13.8. The number of nitrogens with one attached hydrogen (secondary N) is 1. The van der Waals surface area contributed by atoms with Crippen LogP contribution in [-0.2, 0) is 14.3 Å². The molecule has 1 aliphatic heterocycles. The van der Waals surface area contributed by atoms with Crippen molar-refractivity contribution in [3.05, 3.63) is 59.7 Å². The van der Waals surface area contributed by atoms with Gasteiger partial charge in [0.2, 0.25) is 0 Å². The summed E-state index contributed by atoms with van der Waals surface area (Å²) in [5.74, 6) is -0.911. The zero-order valence-electron chi connectivity index (χ0n) is 18.9. The third kappa shape index (κ3) is 3.16. The van der Waals surface area contributed by atoms with Crippen LogP contribution in [0.1, 0.15) is 48.8 Å². The van der Waals surface area contributed by atoms with Crippen LogP contribution in [0.15, 0.2) is 42.6 Å². The van der Waals surface area contributed by atoms with Crippen LogP contribution in [0, 0.1) is 5.82 Å². The molecule has 3 heterocycles. The lowest BCUT2D eigenvalue weighted by Gasteiger charge is -2.44. The van der Waals surface area contributed by atoms with E-state index in [4.69, 9.17) is 9.47 Å². The van der Waals surface area contributed by atoms with Crippen LogP contribution in [0.2, 0.25) is 0 Å². The van der Waals surface area contributed by atoms with Crippen LogP contribution in [0.25, 0.3) is 27.5 Å². The summed E-state index contributed by atoms with van der Waals surface area (Å²) in [6.45, 7) is 1.36. The molecule has 0 atom stereocenters. The average Bonchev–Trinajstić information content (AvgIpc) is 3.40. The number of fused-ring (bicyclic) bond motifs is 2. The van der Waals surface area contributed by atoms with Gasteiger partial charge in [0.15, 0.2) is 5.60 Å². The first kappa shape index (κ1) is 21.3. The maximum Gasteiger partial charge on any atom is 0.335 e. The Kier molecular flexibility index (Phi) is 4.97. The summed E-state index contributed by atoms with van der Waals surface area (Å²) in [6.07, 6.45) is 4.39. The second kappa shape index (κ2) is 7.92. The van der Waals surface area contributed by atoms with Gasteiger partial charge in [-0.15, -0.1) is 0 Å². The largest absolute Gasteiger partial charge is 0.479 e. The second-order valence-electron chi connectivity index (χ2n) is 9.43. The molecule has 1 saturated carbocycles. The van der Waals surface area contributed by atoms with Crippen molar-refractivity contribution in [1.82, 2.24) is 14.8 Å². The predicted molar refractivity (Wildman–Crippen MR) is 125 cm³/mol. The minimum atomic E-state index is -1.15. The Morgan fingerprint density at radius 1 is 1.21 bits per heavy atom. The number of rotatable bonds is 5. The molecule has 7 nitrogen and oxygen atoms in total. The number of aromatic amines is 1. The first-order valence-corrected chi connectivity index (χ1v) is 11.6. The average molecular weight is 464 g/mol. The molecule has 0 amide bonds. The zero-order valence-corrected chi connectivity index (χ0v) is 18.9. The molecule has 4 aromatic rings. The van der Waals surface area contributed by atoms with E-state index in [-0.39, 0.29) is 17.7 Å². The Balaban J connectivity index is 1.62. The van der Waals surface area contributed by atoms with Crippen molar-refractivity contribution in [3.63, 3.8) is 0 Å². The smallest absolute Gasteiger partial charge is 0.335 e. The van der Waals surface area contributed by atoms with Crippen molar-refractivity contribution in [2.24, 2.45) is 0 Å². The number of aliphatic carboxylic acids is 1. The number of H-pyrrole nitrogens is 1. The van der Waals surface area contributed by atoms with E-state index >= 15 is 0 Å². The summed E-state index contributed by atoms with van der Waals surface area (Å²) in [4.78, 5) is 12.0. The number of hydrogen-bond donors (Lipinski definition) is 2. The highest BCUT2D eigenvalue weighted by molar-refractivity contribution is 5.99. The van der Waals surface area contributed by atoms with E-state index < -0.39 is 11.6 Å². The van der Waals surface area contributed by atoms with E-state index in [0.717, 1.165) is 45.9 Å². The minimum Gasteiger partial charge on any atom is -0.479 e. The molecule has 2 aromatic carbocycles. The molecule has 6 rings (SSSR count). The monoisotopic (exact) mass is 463 g/mol. The van der Waals surface area contributed by atoms with Gasteiger partial charge < -0.3 is 19.1 Å². The molecule has 2 fully saturated rings. The highest BCUT2D eigenvalue weighted by atomic mass is 19.1. The van der Waals surface area contributed by atoms with Crippen LogP contribution < -0.4 is 0 Å². The molecule has 2 aromatic heterocycles. The van der Waals surface area contributed by atoms with Crippen LogP contribution in [0.4, 0.5) is 4.39 Å². The standard InChI is InChI=1S/C26H26FN3O4/c1-33-26(25(31)32)12-17(13-26)23-20-11-21-16(14-28-29-21)10-22(20)30(19-4-2-18(27)3-5-19)24(23)15-6-8-34-9-7-15/h2-5,10-11,14-15,17H,6-9,12-13H2,1H3,(H,28,29)(H,31,32). The molecule has 0 bridgehead atoms. The summed E-state index contributed by atoms with van der Waals surface area (Å²) < 4.78 is 27.2. The summed E-state index contributed by atoms with van der Waals surface area (Å²) in [6, 6.07) is 10.8. The van der Waals surface area contributed by atoms with Gasteiger partial charge in [-0.3, -0.25) is 5.10 Å². The highest BCUT2D eigenvalue weighted by Crippen LogP contribution is 2.53. The topological polar surface area (TPSA) is 89.4 Å². The Bertz CT molecular complexity index is 1380. The fourth-order valence-electron chi connectivity index (χ4n) is 5.81. The summed E-state index contributed by atoms with van der Waals surface area (Å²) in [7, 11) is 1.47. The fourth-order valence-corrected chi connectivity index (χ4v) is 5.81. The Morgan fingerprint density at radius 3 is 2.62 bits per heavy atom. The van der Waals surface area contributed by atoms with Crippen LogP contribution in [0.3, 0.4) is 0 Å². The van der Waals surface area contributed by atoms with Gasteiger partial charge in [0.25, 0.3) is 0 Å². The molecule has 34 heavy (non-hydrogen) atoms.